The third kappa shape index (κ3) is 2.79. The van der Waals surface area contributed by atoms with Crippen molar-refractivity contribution in [2.75, 3.05) is 32.0 Å². The average Bonchev–Trinajstić information content (AvgIpc) is 2.63. The summed E-state index contributed by atoms with van der Waals surface area (Å²) in [6.45, 7) is 10.2. The van der Waals surface area contributed by atoms with Gasteiger partial charge in [-0.1, -0.05) is 6.92 Å². The van der Waals surface area contributed by atoms with E-state index in [9.17, 15) is 0 Å². The molecule has 5 heteroatoms. The van der Waals surface area contributed by atoms with Gasteiger partial charge in [0.2, 0.25) is 0 Å². The minimum absolute atomic E-state index is 0.0222. The van der Waals surface area contributed by atoms with Gasteiger partial charge in [-0.3, -0.25) is 0 Å². The van der Waals surface area contributed by atoms with Gasteiger partial charge >= 0.3 is 0 Å². The van der Waals surface area contributed by atoms with Crippen molar-refractivity contribution in [3.8, 4) is 0 Å². The first-order chi connectivity index (χ1) is 7.91. The van der Waals surface area contributed by atoms with Crippen LogP contribution >= 0.6 is 0 Å². The molecule has 1 aliphatic rings. The number of nitrogens with one attached hydrogen (secondary N) is 1. The van der Waals surface area contributed by atoms with Gasteiger partial charge in [-0.15, -0.1) is 0 Å². The number of hydrogen-bond acceptors (Lipinski definition) is 4. The number of nitrogens with zero attached hydrogens (tertiary/aromatic N) is 2. The van der Waals surface area contributed by atoms with Crippen LogP contribution in [0, 0.1) is 5.41 Å². The Morgan fingerprint density at radius 2 is 2.29 bits per heavy atom. The maximum absolute atomic E-state index is 5.63. The molecule has 0 spiro atoms. The molecule has 0 amide bonds. The molecule has 96 valence electrons. The molecule has 0 atom stereocenters. The summed E-state index contributed by atoms with van der Waals surface area (Å²) in [5, 5.41) is 3.51. The van der Waals surface area contributed by atoms with Crippen LogP contribution < -0.4 is 11.1 Å². The number of ether oxygens (including phenoxy) is 1. The van der Waals surface area contributed by atoms with Crippen LogP contribution in [-0.2, 0) is 10.3 Å². The molecule has 1 aromatic rings. The fourth-order valence-corrected chi connectivity index (χ4v) is 1.98. The lowest BCUT2D eigenvalue weighted by Crippen LogP contribution is -2.50. The molecule has 0 radical (unpaired) electrons. The van der Waals surface area contributed by atoms with Crippen molar-refractivity contribution in [2.24, 2.45) is 5.41 Å². The molecule has 2 rings (SSSR count). The Labute approximate surface area is 102 Å². The molecule has 1 fully saturated rings. The first-order valence-electron chi connectivity index (χ1n) is 6.00. The van der Waals surface area contributed by atoms with E-state index >= 15 is 0 Å². The summed E-state index contributed by atoms with van der Waals surface area (Å²) in [5.41, 5.74) is 5.92. The predicted octanol–water partition coefficient (Wildman–Crippen LogP) is 0.826. The normalized spacial score (nSPS) is 19.0. The summed E-state index contributed by atoms with van der Waals surface area (Å²) in [5.74, 6) is 0.567. The first-order valence-corrected chi connectivity index (χ1v) is 6.00. The molecule has 0 aliphatic carbocycles. The van der Waals surface area contributed by atoms with E-state index in [4.69, 9.17) is 10.5 Å². The molecule has 0 bridgehead atoms. The van der Waals surface area contributed by atoms with Crippen LogP contribution in [0.1, 0.15) is 20.8 Å². The van der Waals surface area contributed by atoms with E-state index in [1.165, 1.54) is 0 Å². The van der Waals surface area contributed by atoms with Crippen molar-refractivity contribution >= 4 is 5.82 Å². The van der Waals surface area contributed by atoms with E-state index in [2.05, 4.69) is 35.6 Å². The van der Waals surface area contributed by atoms with Gasteiger partial charge in [0.15, 0.2) is 0 Å². The van der Waals surface area contributed by atoms with Crippen molar-refractivity contribution in [1.82, 2.24) is 14.9 Å². The summed E-state index contributed by atoms with van der Waals surface area (Å²) in [7, 11) is 0. The van der Waals surface area contributed by atoms with Crippen LogP contribution in [0.4, 0.5) is 5.82 Å². The maximum atomic E-state index is 5.63. The quantitative estimate of drug-likeness (QED) is 0.797. The molecular weight excluding hydrogens is 216 g/mol. The fraction of sp³-hybridized carbons (Fsp3) is 0.750. The third-order valence-corrected chi connectivity index (χ3v) is 3.31. The lowest BCUT2D eigenvalue weighted by atomic mass is 9.88. The van der Waals surface area contributed by atoms with Crippen LogP contribution in [0.3, 0.4) is 0 Å². The Hall–Kier alpha value is -1.07. The van der Waals surface area contributed by atoms with Crippen LogP contribution in [-0.4, -0.2) is 35.9 Å². The summed E-state index contributed by atoms with van der Waals surface area (Å²) in [6.07, 6.45) is 3.65. The number of nitrogens with two attached hydrogens (primary N) is 1. The van der Waals surface area contributed by atoms with E-state index in [-0.39, 0.29) is 5.54 Å². The molecule has 2 heterocycles. The Morgan fingerprint density at radius 3 is 2.76 bits per heavy atom. The van der Waals surface area contributed by atoms with E-state index in [0.717, 1.165) is 26.3 Å². The predicted molar refractivity (Wildman–Crippen MR) is 67.8 cm³/mol. The maximum Gasteiger partial charge on any atom is 0.141 e. The van der Waals surface area contributed by atoms with E-state index in [1.807, 2.05) is 6.20 Å². The van der Waals surface area contributed by atoms with Crippen LogP contribution in [0.2, 0.25) is 0 Å². The fourth-order valence-electron chi connectivity index (χ4n) is 1.98. The molecule has 0 unspecified atom stereocenters. The second-order valence-corrected chi connectivity index (χ2v) is 5.93. The smallest absolute Gasteiger partial charge is 0.141 e. The molecule has 0 saturated carbocycles. The van der Waals surface area contributed by atoms with Crippen LogP contribution in [0.15, 0.2) is 12.5 Å². The van der Waals surface area contributed by atoms with Crippen molar-refractivity contribution in [2.45, 2.75) is 26.3 Å². The van der Waals surface area contributed by atoms with Crippen molar-refractivity contribution in [3.63, 3.8) is 0 Å². The van der Waals surface area contributed by atoms with Crippen LogP contribution in [0.25, 0.3) is 0 Å². The monoisotopic (exact) mass is 238 g/mol. The zero-order valence-corrected chi connectivity index (χ0v) is 10.9. The number of imidazole rings is 1. The van der Waals surface area contributed by atoms with E-state index in [0.29, 0.717) is 11.2 Å². The second kappa shape index (κ2) is 4.31. The highest BCUT2D eigenvalue weighted by atomic mass is 16.5. The highest BCUT2D eigenvalue weighted by molar-refractivity contribution is 5.23. The molecule has 1 saturated heterocycles. The van der Waals surface area contributed by atoms with Gasteiger partial charge < -0.3 is 20.4 Å². The second-order valence-electron chi connectivity index (χ2n) is 5.93. The summed E-state index contributed by atoms with van der Waals surface area (Å²) in [4.78, 5) is 4.06. The number of nitrogen functional groups attached to an aromatic ring is 1. The zero-order chi connectivity index (χ0) is 12.5. The molecule has 0 aromatic carbocycles. The van der Waals surface area contributed by atoms with Crippen LogP contribution in [0.5, 0.6) is 0 Å². The van der Waals surface area contributed by atoms with Gasteiger partial charge in [0.1, 0.15) is 5.82 Å². The molecule has 17 heavy (non-hydrogen) atoms. The van der Waals surface area contributed by atoms with Gasteiger partial charge in [0.05, 0.1) is 25.1 Å². The minimum atomic E-state index is -0.0222. The molecule has 1 aliphatic heterocycles. The van der Waals surface area contributed by atoms with E-state index in [1.54, 1.807) is 6.33 Å². The largest absolute Gasteiger partial charge is 0.382 e. The van der Waals surface area contributed by atoms with Gasteiger partial charge in [0, 0.05) is 24.7 Å². The van der Waals surface area contributed by atoms with E-state index < -0.39 is 0 Å². The Morgan fingerprint density at radius 1 is 1.59 bits per heavy atom. The molecular formula is C12H22N4O. The average molecular weight is 238 g/mol. The van der Waals surface area contributed by atoms with Gasteiger partial charge in [0.25, 0.3) is 0 Å². The standard InChI is InChI=1S/C12H22N4O/c1-11(2,16-4-10(13)15-9-16)5-14-6-12(3)7-17-8-12/h4,9,14H,5-8,13H2,1-3H3. The van der Waals surface area contributed by atoms with Gasteiger partial charge in [-0.2, -0.15) is 0 Å². The lowest BCUT2D eigenvalue weighted by molar-refractivity contribution is -0.0995. The number of anilines is 1. The SMILES string of the molecule is CC1(CNCC(C)(C)n2cnc(N)c2)COC1. The molecule has 1 aromatic heterocycles. The van der Waals surface area contributed by atoms with Gasteiger partial charge in [-0.05, 0) is 13.8 Å². The minimum Gasteiger partial charge on any atom is -0.382 e. The number of hydrogen-bond donors (Lipinski definition) is 2. The zero-order valence-electron chi connectivity index (χ0n) is 10.9. The van der Waals surface area contributed by atoms with Crippen molar-refractivity contribution < 1.29 is 4.74 Å². The summed E-state index contributed by atoms with van der Waals surface area (Å²) in [6, 6.07) is 0. The highest BCUT2D eigenvalue weighted by Crippen LogP contribution is 2.25. The number of rotatable bonds is 5. The summed E-state index contributed by atoms with van der Waals surface area (Å²) < 4.78 is 7.29. The Balaban J connectivity index is 1.85. The highest BCUT2D eigenvalue weighted by Gasteiger charge is 2.33. The molecule has 5 nitrogen and oxygen atoms in total. The van der Waals surface area contributed by atoms with Crippen molar-refractivity contribution in [3.05, 3.63) is 12.5 Å². The lowest BCUT2D eigenvalue weighted by Gasteiger charge is -2.39. The number of aromatic nitrogens is 2. The van der Waals surface area contributed by atoms with Gasteiger partial charge in [-0.25, -0.2) is 4.98 Å². The Kier molecular flexibility index (Phi) is 3.14. The first kappa shape index (κ1) is 12.4. The summed E-state index contributed by atoms with van der Waals surface area (Å²) >= 11 is 0. The topological polar surface area (TPSA) is 65.1 Å². The molecule has 3 N–H and O–H groups in total. The third-order valence-electron chi connectivity index (χ3n) is 3.31. The van der Waals surface area contributed by atoms with Crippen molar-refractivity contribution in [1.29, 1.82) is 0 Å². The Bertz CT molecular complexity index is 382.